The van der Waals surface area contributed by atoms with Crippen LogP contribution in [0, 0.1) is 5.82 Å². The first-order valence-corrected chi connectivity index (χ1v) is 7.45. The highest BCUT2D eigenvalue weighted by molar-refractivity contribution is 7.89. The minimum Gasteiger partial charge on any atom is -0.329 e. The fraction of sp³-hybridized carbons (Fsp3) is 0.455. The molecule has 100 valence electrons. The van der Waals surface area contributed by atoms with Gasteiger partial charge in [-0.2, -0.15) is 4.31 Å². The molecule has 1 aromatic rings. The Bertz CT molecular complexity index is 550. The molecule has 0 unspecified atom stereocenters. The summed E-state index contributed by atoms with van der Waals surface area (Å²) >= 11 is 5.81. The molecule has 1 aromatic carbocycles. The molecular weight excluding hydrogens is 279 g/mol. The molecule has 1 aliphatic heterocycles. The molecule has 1 aliphatic rings. The van der Waals surface area contributed by atoms with Crippen LogP contribution in [-0.2, 0) is 10.0 Å². The lowest BCUT2D eigenvalue weighted by atomic mass is 10.2. The fourth-order valence-corrected chi connectivity index (χ4v) is 4.38. The lowest BCUT2D eigenvalue weighted by Gasteiger charge is -2.23. The fourth-order valence-electron chi connectivity index (χ4n) is 2.17. The maximum atomic E-state index is 12.9. The molecule has 0 aliphatic carbocycles. The van der Waals surface area contributed by atoms with Gasteiger partial charge in [-0.05, 0) is 31.0 Å². The van der Waals surface area contributed by atoms with Gasteiger partial charge in [-0.15, -0.1) is 0 Å². The molecule has 0 bridgehead atoms. The summed E-state index contributed by atoms with van der Waals surface area (Å²) in [5.41, 5.74) is 5.56. The number of benzene rings is 1. The van der Waals surface area contributed by atoms with E-state index in [0.717, 1.165) is 25.0 Å². The van der Waals surface area contributed by atoms with E-state index in [4.69, 9.17) is 17.3 Å². The molecule has 0 radical (unpaired) electrons. The molecule has 1 heterocycles. The lowest BCUT2D eigenvalue weighted by molar-refractivity contribution is 0.393. The zero-order valence-electron chi connectivity index (χ0n) is 9.64. The predicted octanol–water partition coefficient (Wildman–Crippen LogP) is 1.59. The Balaban J connectivity index is 2.42. The van der Waals surface area contributed by atoms with Gasteiger partial charge in [0.15, 0.2) is 0 Å². The van der Waals surface area contributed by atoms with E-state index >= 15 is 0 Å². The van der Waals surface area contributed by atoms with Gasteiger partial charge in [-0.3, -0.25) is 0 Å². The average Bonchev–Trinajstić information content (AvgIpc) is 2.76. The van der Waals surface area contributed by atoms with Gasteiger partial charge in [0.2, 0.25) is 10.0 Å². The lowest BCUT2D eigenvalue weighted by Crippen LogP contribution is -2.39. The first-order chi connectivity index (χ1) is 8.46. The van der Waals surface area contributed by atoms with Crippen molar-refractivity contribution in [2.75, 3.05) is 13.1 Å². The summed E-state index contributed by atoms with van der Waals surface area (Å²) in [6, 6.07) is 3.09. The molecule has 2 rings (SSSR count). The molecule has 7 heteroatoms. The highest BCUT2D eigenvalue weighted by atomic mass is 35.5. The van der Waals surface area contributed by atoms with Crippen LogP contribution < -0.4 is 5.73 Å². The van der Waals surface area contributed by atoms with Gasteiger partial charge in [0.25, 0.3) is 0 Å². The molecule has 1 atom stereocenters. The van der Waals surface area contributed by atoms with Gasteiger partial charge in [0.1, 0.15) is 10.7 Å². The Kier molecular flexibility index (Phi) is 3.91. The Morgan fingerprint density at radius 3 is 2.83 bits per heavy atom. The summed E-state index contributed by atoms with van der Waals surface area (Å²) in [5.74, 6) is -0.559. The van der Waals surface area contributed by atoms with E-state index in [0.29, 0.717) is 6.54 Å². The van der Waals surface area contributed by atoms with Crippen LogP contribution in [0.15, 0.2) is 23.1 Å². The second-order valence-electron chi connectivity index (χ2n) is 4.22. The third kappa shape index (κ3) is 2.38. The van der Waals surface area contributed by atoms with E-state index in [-0.39, 0.29) is 22.5 Å². The van der Waals surface area contributed by atoms with Crippen LogP contribution in [0.25, 0.3) is 0 Å². The Morgan fingerprint density at radius 2 is 2.22 bits per heavy atom. The Hall–Kier alpha value is -0.690. The number of hydrogen-bond donors (Lipinski definition) is 1. The topological polar surface area (TPSA) is 63.4 Å². The van der Waals surface area contributed by atoms with Gasteiger partial charge in [-0.25, -0.2) is 12.8 Å². The smallest absolute Gasteiger partial charge is 0.244 e. The number of halogens is 2. The number of sulfonamides is 1. The standard InChI is InChI=1S/C11H14ClFN2O2S/c12-10-6-8(13)3-4-11(10)18(16,17)15-5-1-2-9(15)7-14/h3-4,6,9H,1-2,5,7,14H2/t9-/m1/s1. The van der Waals surface area contributed by atoms with Crippen molar-refractivity contribution >= 4 is 21.6 Å². The number of rotatable bonds is 3. The highest BCUT2D eigenvalue weighted by Crippen LogP contribution is 2.30. The van der Waals surface area contributed by atoms with Crippen molar-refractivity contribution in [3.8, 4) is 0 Å². The minimum atomic E-state index is -3.69. The third-order valence-electron chi connectivity index (χ3n) is 3.08. The van der Waals surface area contributed by atoms with Crippen LogP contribution in [0.5, 0.6) is 0 Å². The molecule has 1 saturated heterocycles. The third-order valence-corrected chi connectivity index (χ3v) is 5.51. The SMILES string of the molecule is NC[C@H]1CCCN1S(=O)(=O)c1ccc(F)cc1Cl. The molecule has 0 spiro atoms. The van der Waals surface area contributed by atoms with E-state index in [2.05, 4.69) is 0 Å². The van der Waals surface area contributed by atoms with Crippen LogP contribution in [0.2, 0.25) is 5.02 Å². The van der Waals surface area contributed by atoms with Crippen molar-refractivity contribution in [3.63, 3.8) is 0 Å². The molecule has 18 heavy (non-hydrogen) atoms. The monoisotopic (exact) mass is 292 g/mol. The predicted molar refractivity (Wildman–Crippen MR) is 67.4 cm³/mol. The molecule has 4 nitrogen and oxygen atoms in total. The number of nitrogens with zero attached hydrogens (tertiary/aromatic N) is 1. The van der Waals surface area contributed by atoms with Crippen LogP contribution in [-0.4, -0.2) is 31.9 Å². The second-order valence-corrected chi connectivity index (χ2v) is 6.49. The normalized spacial score (nSPS) is 21.4. The average molecular weight is 293 g/mol. The van der Waals surface area contributed by atoms with Crippen molar-refractivity contribution in [2.45, 2.75) is 23.8 Å². The summed E-state index contributed by atoms with van der Waals surface area (Å²) in [4.78, 5) is -0.0640. The van der Waals surface area contributed by atoms with Gasteiger partial charge in [0.05, 0.1) is 5.02 Å². The maximum absolute atomic E-state index is 12.9. The van der Waals surface area contributed by atoms with Crippen molar-refractivity contribution in [1.29, 1.82) is 0 Å². The molecular formula is C11H14ClFN2O2S. The largest absolute Gasteiger partial charge is 0.329 e. The van der Waals surface area contributed by atoms with Crippen molar-refractivity contribution in [3.05, 3.63) is 29.0 Å². The summed E-state index contributed by atoms with van der Waals surface area (Å²) in [5, 5.41) is -0.0994. The first kappa shape index (κ1) is 13.7. The van der Waals surface area contributed by atoms with Crippen LogP contribution in [0.3, 0.4) is 0 Å². The Labute approximate surface area is 111 Å². The van der Waals surface area contributed by atoms with E-state index in [1.54, 1.807) is 0 Å². The number of nitrogens with two attached hydrogens (primary N) is 1. The van der Waals surface area contributed by atoms with Crippen LogP contribution in [0.4, 0.5) is 4.39 Å². The molecule has 1 fully saturated rings. The summed E-state index contributed by atoms with van der Waals surface area (Å²) in [6.45, 7) is 0.704. The van der Waals surface area contributed by atoms with Gasteiger partial charge in [0, 0.05) is 19.1 Å². The summed E-state index contributed by atoms with van der Waals surface area (Å²) in [6.07, 6.45) is 1.52. The molecule has 2 N–H and O–H groups in total. The van der Waals surface area contributed by atoms with E-state index in [1.165, 1.54) is 10.4 Å². The van der Waals surface area contributed by atoms with Crippen molar-refractivity contribution in [1.82, 2.24) is 4.31 Å². The van der Waals surface area contributed by atoms with Crippen LogP contribution >= 0.6 is 11.6 Å². The minimum absolute atomic E-state index is 0.0640. The zero-order valence-corrected chi connectivity index (χ0v) is 11.2. The molecule has 0 aromatic heterocycles. The Morgan fingerprint density at radius 1 is 1.50 bits per heavy atom. The zero-order chi connectivity index (χ0) is 13.3. The molecule has 0 saturated carbocycles. The van der Waals surface area contributed by atoms with E-state index < -0.39 is 15.8 Å². The molecule has 0 amide bonds. The van der Waals surface area contributed by atoms with Crippen molar-refractivity contribution < 1.29 is 12.8 Å². The van der Waals surface area contributed by atoms with Gasteiger partial charge >= 0.3 is 0 Å². The van der Waals surface area contributed by atoms with Gasteiger partial charge < -0.3 is 5.73 Å². The quantitative estimate of drug-likeness (QED) is 0.920. The maximum Gasteiger partial charge on any atom is 0.244 e. The van der Waals surface area contributed by atoms with E-state index in [1.807, 2.05) is 0 Å². The van der Waals surface area contributed by atoms with E-state index in [9.17, 15) is 12.8 Å². The van der Waals surface area contributed by atoms with Gasteiger partial charge in [-0.1, -0.05) is 11.6 Å². The summed E-state index contributed by atoms with van der Waals surface area (Å²) in [7, 11) is -3.69. The van der Waals surface area contributed by atoms with Crippen LogP contribution in [0.1, 0.15) is 12.8 Å². The summed E-state index contributed by atoms with van der Waals surface area (Å²) < 4.78 is 39.1. The second kappa shape index (κ2) is 5.13. The first-order valence-electron chi connectivity index (χ1n) is 5.64. The highest BCUT2D eigenvalue weighted by Gasteiger charge is 2.35. The number of hydrogen-bond acceptors (Lipinski definition) is 3. The van der Waals surface area contributed by atoms with Crippen molar-refractivity contribution in [2.24, 2.45) is 5.73 Å².